The number of unbranched alkanes of at least 4 members (excludes halogenated alkanes) is 1. The number of hydrogen-bond donors (Lipinski definition) is 1. The molecule has 0 radical (unpaired) electrons. The molecule has 1 saturated heterocycles. The highest BCUT2D eigenvalue weighted by Gasteiger charge is 2.10. The number of likely N-dealkylation sites (tertiary alicyclic amines) is 1. The van der Waals surface area contributed by atoms with Crippen LogP contribution in [-0.2, 0) is 0 Å². The number of carbonyl (C=O) groups is 1. The van der Waals surface area contributed by atoms with E-state index in [0.717, 1.165) is 25.1 Å². The molecule has 1 fully saturated rings. The molecule has 1 N–H and O–H groups in total. The first-order valence-electron chi connectivity index (χ1n) is 7.44. The van der Waals surface area contributed by atoms with Gasteiger partial charge in [0.15, 0.2) is 0 Å². The van der Waals surface area contributed by atoms with Gasteiger partial charge in [0.1, 0.15) is 5.75 Å². The second-order valence-corrected chi connectivity index (χ2v) is 5.24. The first-order valence-corrected chi connectivity index (χ1v) is 7.44. The molecule has 0 bridgehead atoms. The van der Waals surface area contributed by atoms with E-state index in [2.05, 4.69) is 10.2 Å². The van der Waals surface area contributed by atoms with Gasteiger partial charge < -0.3 is 15.0 Å². The second kappa shape index (κ2) is 7.90. The molecule has 1 aliphatic rings. The fourth-order valence-corrected chi connectivity index (χ4v) is 2.51. The molecule has 0 aliphatic carbocycles. The smallest absolute Gasteiger partial charge is 0.251 e. The van der Waals surface area contributed by atoms with Gasteiger partial charge in [-0.2, -0.15) is 0 Å². The van der Waals surface area contributed by atoms with Crippen molar-refractivity contribution in [2.45, 2.75) is 25.7 Å². The van der Waals surface area contributed by atoms with Crippen molar-refractivity contribution in [1.29, 1.82) is 0 Å². The number of benzene rings is 1. The number of nitrogens with zero attached hydrogens (tertiary/aromatic N) is 1. The van der Waals surface area contributed by atoms with E-state index in [4.69, 9.17) is 4.74 Å². The Kier molecular flexibility index (Phi) is 5.87. The molecule has 2 rings (SSSR count). The van der Waals surface area contributed by atoms with Gasteiger partial charge in [0, 0.05) is 12.1 Å². The van der Waals surface area contributed by atoms with E-state index >= 15 is 0 Å². The van der Waals surface area contributed by atoms with Gasteiger partial charge in [-0.1, -0.05) is 0 Å². The van der Waals surface area contributed by atoms with Gasteiger partial charge in [0.25, 0.3) is 5.91 Å². The highest BCUT2D eigenvalue weighted by Crippen LogP contribution is 2.11. The van der Waals surface area contributed by atoms with Gasteiger partial charge in [-0.05, 0) is 69.6 Å². The third kappa shape index (κ3) is 4.53. The number of amides is 1. The topological polar surface area (TPSA) is 41.6 Å². The van der Waals surface area contributed by atoms with Gasteiger partial charge in [-0.15, -0.1) is 0 Å². The Hall–Kier alpha value is -1.55. The van der Waals surface area contributed by atoms with Crippen molar-refractivity contribution in [1.82, 2.24) is 10.2 Å². The van der Waals surface area contributed by atoms with E-state index in [-0.39, 0.29) is 5.91 Å². The number of rotatable bonds is 7. The molecule has 0 atom stereocenters. The number of ether oxygens (including phenoxy) is 1. The summed E-state index contributed by atoms with van der Waals surface area (Å²) in [4.78, 5) is 14.4. The first-order chi connectivity index (χ1) is 9.79. The third-order valence-electron chi connectivity index (χ3n) is 3.74. The lowest BCUT2D eigenvalue weighted by Gasteiger charge is -2.14. The molecule has 1 amide bonds. The predicted octanol–water partition coefficient (Wildman–Crippen LogP) is 2.30. The van der Waals surface area contributed by atoms with E-state index in [1.54, 1.807) is 19.2 Å². The minimum Gasteiger partial charge on any atom is -0.497 e. The zero-order valence-electron chi connectivity index (χ0n) is 12.2. The Morgan fingerprint density at radius 1 is 1.20 bits per heavy atom. The van der Waals surface area contributed by atoms with Crippen molar-refractivity contribution >= 4 is 5.91 Å². The molecule has 0 spiro atoms. The van der Waals surface area contributed by atoms with Crippen molar-refractivity contribution in [3.05, 3.63) is 29.8 Å². The Morgan fingerprint density at radius 2 is 1.90 bits per heavy atom. The van der Waals surface area contributed by atoms with Crippen LogP contribution in [0.4, 0.5) is 0 Å². The van der Waals surface area contributed by atoms with E-state index in [0.29, 0.717) is 5.56 Å². The quantitative estimate of drug-likeness (QED) is 0.777. The molecule has 0 aromatic heterocycles. The lowest BCUT2D eigenvalue weighted by molar-refractivity contribution is 0.0952. The molecular weight excluding hydrogens is 252 g/mol. The summed E-state index contributed by atoms with van der Waals surface area (Å²) in [5, 5.41) is 2.96. The van der Waals surface area contributed by atoms with Crippen molar-refractivity contribution in [2.75, 3.05) is 33.3 Å². The maximum atomic E-state index is 11.9. The Balaban J connectivity index is 1.61. The van der Waals surface area contributed by atoms with Crippen LogP contribution in [0.5, 0.6) is 5.75 Å². The summed E-state index contributed by atoms with van der Waals surface area (Å²) in [6.07, 6.45) is 4.88. The van der Waals surface area contributed by atoms with Crippen LogP contribution >= 0.6 is 0 Å². The Bertz CT molecular complexity index is 411. The minimum atomic E-state index is -0.00572. The number of carbonyl (C=O) groups excluding carboxylic acids is 1. The average Bonchev–Trinajstić information content (AvgIpc) is 3.00. The fourth-order valence-electron chi connectivity index (χ4n) is 2.51. The van der Waals surface area contributed by atoms with Crippen LogP contribution in [0, 0.1) is 0 Å². The van der Waals surface area contributed by atoms with E-state index in [1.807, 2.05) is 12.1 Å². The van der Waals surface area contributed by atoms with Crippen molar-refractivity contribution in [3.8, 4) is 5.75 Å². The zero-order chi connectivity index (χ0) is 14.2. The fraction of sp³-hybridized carbons (Fsp3) is 0.562. The Labute approximate surface area is 121 Å². The van der Waals surface area contributed by atoms with Crippen LogP contribution in [0.2, 0.25) is 0 Å². The normalized spacial score (nSPS) is 15.2. The number of nitrogens with one attached hydrogen (secondary N) is 1. The second-order valence-electron chi connectivity index (χ2n) is 5.24. The molecule has 1 aromatic carbocycles. The van der Waals surface area contributed by atoms with Crippen LogP contribution < -0.4 is 10.1 Å². The van der Waals surface area contributed by atoms with Gasteiger partial charge in [-0.3, -0.25) is 4.79 Å². The maximum Gasteiger partial charge on any atom is 0.251 e. The van der Waals surface area contributed by atoms with Gasteiger partial charge in [-0.25, -0.2) is 0 Å². The third-order valence-corrected chi connectivity index (χ3v) is 3.74. The van der Waals surface area contributed by atoms with Gasteiger partial charge in [0.05, 0.1) is 7.11 Å². The maximum absolute atomic E-state index is 11.9. The van der Waals surface area contributed by atoms with Crippen LogP contribution in [0.3, 0.4) is 0 Å². The summed E-state index contributed by atoms with van der Waals surface area (Å²) in [5.41, 5.74) is 0.686. The van der Waals surface area contributed by atoms with Crippen molar-refractivity contribution in [3.63, 3.8) is 0 Å². The zero-order valence-corrected chi connectivity index (χ0v) is 12.2. The molecular formula is C16H24N2O2. The van der Waals surface area contributed by atoms with Crippen LogP contribution in [-0.4, -0.2) is 44.1 Å². The van der Waals surface area contributed by atoms with Crippen molar-refractivity contribution < 1.29 is 9.53 Å². The molecule has 20 heavy (non-hydrogen) atoms. The van der Waals surface area contributed by atoms with Gasteiger partial charge in [0.2, 0.25) is 0 Å². The molecule has 4 heteroatoms. The Morgan fingerprint density at radius 3 is 2.55 bits per heavy atom. The first kappa shape index (κ1) is 14.9. The molecule has 1 heterocycles. The largest absolute Gasteiger partial charge is 0.497 e. The molecule has 0 saturated carbocycles. The minimum absolute atomic E-state index is 0.00572. The van der Waals surface area contributed by atoms with E-state index in [9.17, 15) is 4.79 Å². The van der Waals surface area contributed by atoms with Crippen LogP contribution in [0.25, 0.3) is 0 Å². The number of methoxy groups -OCH3 is 1. The molecule has 0 unspecified atom stereocenters. The SMILES string of the molecule is COc1ccc(C(=O)NCCCCN2CCCC2)cc1. The van der Waals surface area contributed by atoms with Gasteiger partial charge >= 0.3 is 0 Å². The van der Waals surface area contributed by atoms with Crippen LogP contribution in [0.15, 0.2) is 24.3 Å². The molecule has 1 aromatic rings. The average molecular weight is 276 g/mol. The number of hydrogen-bond acceptors (Lipinski definition) is 3. The molecule has 110 valence electrons. The highest BCUT2D eigenvalue weighted by atomic mass is 16.5. The summed E-state index contributed by atoms with van der Waals surface area (Å²) in [5.74, 6) is 0.765. The summed E-state index contributed by atoms with van der Waals surface area (Å²) < 4.78 is 5.07. The van der Waals surface area contributed by atoms with E-state index in [1.165, 1.54) is 32.5 Å². The molecule has 4 nitrogen and oxygen atoms in total. The highest BCUT2D eigenvalue weighted by molar-refractivity contribution is 5.94. The summed E-state index contributed by atoms with van der Waals surface area (Å²) in [6, 6.07) is 7.20. The van der Waals surface area contributed by atoms with Crippen molar-refractivity contribution in [2.24, 2.45) is 0 Å². The summed E-state index contributed by atoms with van der Waals surface area (Å²) in [6.45, 7) is 4.41. The molecule has 1 aliphatic heterocycles. The monoisotopic (exact) mass is 276 g/mol. The lowest BCUT2D eigenvalue weighted by Crippen LogP contribution is -2.26. The predicted molar refractivity (Wildman–Crippen MR) is 80.2 cm³/mol. The van der Waals surface area contributed by atoms with E-state index < -0.39 is 0 Å². The lowest BCUT2D eigenvalue weighted by atomic mass is 10.2. The standard InChI is InChI=1S/C16H24N2O2/c1-20-15-8-6-14(7-9-15)16(19)17-10-2-3-11-18-12-4-5-13-18/h6-9H,2-5,10-13H2,1H3,(H,17,19). The summed E-state index contributed by atoms with van der Waals surface area (Å²) >= 11 is 0. The van der Waals surface area contributed by atoms with Crippen LogP contribution in [0.1, 0.15) is 36.0 Å². The summed E-state index contributed by atoms with van der Waals surface area (Å²) in [7, 11) is 1.62.